The molecule has 0 aromatic heterocycles. The first-order valence-corrected chi connectivity index (χ1v) is 9.50. The van der Waals surface area contributed by atoms with E-state index in [9.17, 15) is 4.79 Å². The van der Waals surface area contributed by atoms with Gasteiger partial charge in [0.1, 0.15) is 11.4 Å². The number of carbonyl (C=O) groups is 1. The summed E-state index contributed by atoms with van der Waals surface area (Å²) < 4.78 is 23.2. The van der Waals surface area contributed by atoms with Gasteiger partial charge in [-0.3, -0.25) is 0 Å². The number of alkyl carbamates (subject to hydrolysis) is 1. The predicted molar refractivity (Wildman–Crippen MR) is 111 cm³/mol. The minimum absolute atomic E-state index is 0.226. The van der Waals surface area contributed by atoms with Crippen molar-refractivity contribution in [3.63, 3.8) is 0 Å². The number of nitrogens with one attached hydrogen (secondary N) is 1. The molecular formula is C21H32BNO5. The third kappa shape index (κ3) is 5.52. The van der Waals surface area contributed by atoms with E-state index in [1.54, 1.807) is 7.11 Å². The van der Waals surface area contributed by atoms with Crippen LogP contribution in [0.5, 0.6) is 5.75 Å². The summed E-state index contributed by atoms with van der Waals surface area (Å²) in [6.07, 6.45) is 1.44. The van der Waals surface area contributed by atoms with Crippen molar-refractivity contribution in [1.29, 1.82) is 0 Å². The molecule has 1 saturated heterocycles. The van der Waals surface area contributed by atoms with Crippen molar-refractivity contribution < 1.29 is 23.6 Å². The van der Waals surface area contributed by atoms with Crippen molar-refractivity contribution in [2.75, 3.05) is 13.7 Å². The Morgan fingerprint density at radius 3 is 2.25 bits per heavy atom. The molecule has 1 fully saturated rings. The molecule has 1 amide bonds. The second-order valence-electron chi connectivity index (χ2n) is 8.90. The molecule has 0 radical (unpaired) electrons. The van der Waals surface area contributed by atoms with Crippen molar-refractivity contribution in [1.82, 2.24) is 5.32 Å². The minimum Gasteiger partial charge on any atom is -0.496 e. The molecule has 1 aliphatic rings. The van der Waals surface area contributed by atoms with E-state index in [2.05, 4.69) is 5.32 Å². The van der Waals surface area contributed by atoms with E-state index in [1.165, 1.54) is 0 Å². The van der Waals surface area contributed by atoms with Crippen LogP contribution in [0.4, 0.5) is 4.79 Å². The number of hydrogen-bond donors (Lipinski definition) is 1. The van der Waals surface area contributed by atoms with Gasteiger partial charge in [-0.25, -0.2) is 4.79 Å². The van der Waals surface area contributed by atoms with E-state index in [-0.39, 0.29) is 6.54 Å². The molecule has 0 bridgehead atoms. The first-order chi connectivity index (χ1) is 12.8. The van der Waals surface area contributed by atoms with Crippen molar-refractivity contribution in [2.24, 2.45) is 0 Å². The second kappa shape index (κ2) is 8.17. The van der Waals surface area contributed by atoms with Crippen molar-refractivity contribution in [3.05, 3.63) is 35.3 Å². The Morgan fingerprint density at radius 2 is 1.71 bits per heavy atom. The van der Waals surface area contributed by atoms with Crippen LogP contribution in [0.25, 0.3) is 6.08 Å². The lowest BCUT2D eigenvalue weighted by atomic mass is 9.77. The third-order valence-corrected chi connectivity index (χ3v) is 4.87. The molecule has 0 spiro atoms. The standard InChI is InChI=1S/C21H32BNO5/c1-19(2,3)26-18(24)23-14-16(13-15-11-9-10-12-17(15)25-8)22-27-20(4,5)21(6,7)28-22/h9-13H,14H2,1-8H3,(H,23,24). The van der Waals surface area contributed by atoms with Gasteiger partial charge in [0.15, 0.2) is 0 Å². The Balaban J connectivity index is 2.29. The molecule has 1 aromatic rings. The van der Waals surface area contributed by atoms with Gasteiger partial charge in [-0.2, -0.15) is 0 Å². The van der Waals surface area contributed by atoms with Crippen LogP contribution < -0.4 is 10.1 Å². The molecule has 2 rings (SSSR count). The monoisotopic (exact) mass is 389 g/mol. The molecule has 0 unspecified atom stereocenters. The van der Waals surface area contributed by atoms with Crippen molar-refractivity contribution >= 4 is 19.3 Å². The van der Waals surface area contributed by atoms with E-state index in [1.807, 2.05) is 78.8 Å². The summed E-state index contributed by atoms with van der Waals surface area (Å²) in [6, 6.07) is 7.66. The minimum atomic E-state index is -0.593. The van der Waals surface area contributed by atoms with Crippen molar-refractivity contribution in [3.8, 4) is 5.75 Å². The molecule has 1 aliphatic heterocycles. The van der Waals surface area contributed by atoms with Crippen LogP contribution in [0, 0.1) is 0 Å². The SMILES string of the molecule is COc1ccccc1C=C(CNC(=O)OC(C)(C)C)B1OC(C)(C)C(C)(C)O1. The van der Waals surface area contributed by atoms with E-state index in [4.69, 9.17) is 18.8 Å². The summed E-state index contributed by atoms with van der Waals surface area (Å²) in [5, 5.41) is 2.80. The van der Waals surface area contributed by atoms with Crippen LogP contribution in [0.1, 0.15) is 54.0 Å². The van der Waals surface area contributed by atoms with E-state index < -0.39 is 30.0 Å². The van der Waals surface area contributed by atoms with E-state index in [0.717, 1.165) is 16.8 Å². The summed E-state index contributed by atoms with van der Waals surface area (Å²) in [6.45, 7) is 13.7. The molecule has 1 aromatic carbocycles. The van der Waals surface area contributed by atoms with Gasteiger partial charge in [0.2, 0.25) is 0 Å². The number of carbonyl (C=O) groups excluding carboxylic acids is 1. The largest absolute Gasteiger partial charge is 0.496 e. The highest BCUT2D eigenvalue weighted by Gasteiger charge is 2.52. The van der Waals surface area contributed by atoms with Gasteiger partial charge in [0, 0.05) is 12.1 Å². The number of rotatable bonds is 5. The second-order valence-corrected chi connectivity index (χ2v) is 8.90. The van der Waals surface area contributed by atoms with Gasteiger partial charge in [-0.15, -0.1) is 0 Å². The van der Waals surface area contributed by atoms with Crippen molar-refractivity contribution in [2.45, 2.75) is 65.3 Å². The predicted octanol–water partition coefficient (Wildman–Crippen LogP) is 4.23. The Labute approximate surface area is 168 Å². The smallest absolute Gasteiger partial charge is 0.492 e. The van der Waals surface area contributed by atoms with Crippen LogP contribution in [-0.2, 0) is 14.0 Å². The number of hydrogen-bond acceptors (Lipinski definition) is 5. The quantitative estimate of drug-likeness (QED) is 0.764. The lowest BCUT2D eigenvalue weighted by Gasteiger charge is -2.32. The van der Waals surface area contributed by atoms with Crippen LogP contribution in [0.2, 0.25) is 0 Å². The molecule has 1 N–H and O–H groups in total. The summed E-state index contributed by atoms with van der Waals surface area (Å²) in [5.41, 5.74) is 0.114. The van der Waals surface area contributed by atoms with Gasteiger partial charge in [0.25, 0.3) is 0 Å². The highest BCUT2D eigenvalue weighted by Crippen LogP contribution is 2.39. The molecule has 7 heteroatoms. The van der Waals surface area contributed by atoms with Crippen LogP contribution >= 0.6 is 0 Å². The highest BCUT2D eigenvalue weighted by molar-refractivity contribution is 6.56. The first-order valence-electron chi connectivity index (χ1n) is 9.50. The number of methoxy groups -OCH3 is 1. The summed E-state index contributed by atoms with van der Waals surface area (Å²) in [5.74, 6) is 0.730. The maximum absolute atomic E-state index is 12.1. The van der Waals surface area contributed by atoms with Gasteiger partial charge in [-0.1, -0.05) is 24.3 Å². The zero-order valence-electron chi connectivity index (χ0n) is 18.2. The maximum atomic E-state index is 12.1. The molecule has 0 atom stereocenters. The Bertz CT molecular complexity index is 721. The fourth-order valence-corrected chi connectivity index (χ4v) is 2.67. The molecular weight excluding hydrogens is 357 g/mol. The zero-order valence-corrected chi connectivity index (χ0v) is 18.2. The van der Waals surface area contributed by atoms with Crippen LogP contribution in [-0.4, -0.2) is 43.7 Å². The van der Waals surface area contributed by atoms with Gasteiger partial charge < -0.3 is 24.1 Å². The number of amides is 1. The number of ether oxygens (including phenoxy) is 2. The normalized spacial score (nSPS) is 18.7. The molecule has 1 heterocycles. The molecule has 0 saturated carbocycles. The third-order valence-electron chi connectivity index (χ3n) is 4.87. The van der Waals surface area contributed by atoms with Crippen LogP contribution in [0.15, 0.2) is 29.7 Å². The fraction of sp³-hybridized carbons (Fsp3) is 0.571. The lowest BCUT2D eigenvalue weighted by Crippen LogP contribution is -2.41. The lowest BCUT2D eigenvalue weighted by molar-refractivity contribution is 0.00578. The number of para-hydroxylation sites is 1. The fourth-order valence-electron chi connectivity index (χ4n) is 2.67. The summed E-state index contributed by atoms with van der Waals surface area (Å²) in [7, 11) is 1.03. The Hall–Kier alpha value is -1.99. The van der Waals surface area contributed by atoms with Gasteiger partial charge in [0.05, 0.1) is 18.3 Å². The average Bonchev–Trinajstić information content (AvgIpc) is 2.78. The van der Waals surface area contributed by atoms with Gasteiger partial charge in [-0.05, 0) is 60.0 Å². The highest BCUT2D eigenvalue weighted by atomic mass is 16.7. The van der Waals surface area contributed by atoms with Gasteiger partial charge >= 0.3 is 13.2 Å². The van der Waals surface area contributed by atoms with E-state index >= 15 is 0 Å². The summed E-state index contributed by atoms with van der Waals surface area (Å²) in [4.78, 5) is 12.1. The Morgan fingerprint density at radius 1 is 1.14 bits per heavy atom. The zero-order chi connectivity index (χ0) is 21.2. The Kier molecular flexibility index (Phi) is 6.51. The van der Waals surface area contributed by atoms with Crippen LogP contribution in [0.3, 0.4) is 0 Å². The number of benzene rings is 1. The summed E-state index contributed by atoms with van der Waals surface area (Å²) >= 11 is 0. The molecule has 6 nitrogen and oxygen atoms in total. The molecule has 0 aliphatic carbocycles. The maximum Gasteiger partial charge on any atom is 0.492 e. The topological polar surface area (TPSA) is 66.0 Å². The first kappa shape index (κ1) is 22.3. The molecule has 28 heavy (non-hydrogen) atoms. The molecule has 154 valence electrons. The van der Waals surface area contributed by atoms with E-state index in [0.29, 0.717) is 0 Å². The average molecular weight is 389 g/mol.